The van der Waals surface area contributed by atoms with Crippen LogP contribution in [0.15, 0.2) is 11.7 Å². The van der Waals surface area contributed by atoms with Crippen LogP contribution in [0.1, 0.15) is 13.3 Å². The van der Waals surface area contributed by atoms with Crippen molar-refractivity contribution in [3.8, 4) is 0 Å². The molecule has 0 N–H and O–H groups in total. The molecule has 14 heavy (non-hydrogen) atoms. The monoisotopic (exact) mass is 218 g/mol. The Morgan fingerprint density at radius 2 is 1.79 bits per heavy atom. The molecule has 0 radical (unpaired) electrons. The lowest BCUT2D eigenvalue weighted by Crippen LogP contribution is -2.15. The van der Waals surface area contributed by atoms with Crippen LogP contribution in [-0.4, -0.2) is 18.8 Å². The maximum absolute atomic E-state index is 12.3. The van der Waals surface area contributed by atoms with Crippen molar-refractivity contribution in [2.75, 3.05) is 6.61 Å². The van der Waals surface area contributed by atoms with Gasteiger partial charge in [0.2, 0.25) is 11.7 Å². The summed E-state index contributed by atoms with van der Waals surface area (Å²) in [5, 5.41) is 0. The van der Waals surface area contributed by atoms with Gasteiger partial charge in [-0.15, -0.1) is 0 Å². The molecule has 0 aliphatic rings. The van der Waals surface area contributed by atoms with E-state index in [4.69, 9.17) is 0 Å². The average molecular weight is 218 g/mol. The molecule has 0 aromatic heterocycles. The number of alkyl halides is 3. The maximum Gasteiger partial charge on any atom is 0.446 e. The molecule has 0 heterocycles. The van der Waals surface area contributed by atoms with Crippen molar-refractivity contribution in [1.82, 2.24) is 0 Å². The third-order valence-electron chi connectivity index (χ3n) is 1.06. The molecule has 2 nitrogen and oxygen atoms in total. The van der Waals surface area contributed by atoms with E-state index >= 15 is 0 Å². The first-order valence-electron chi connectivity index (χ1n) is 3.60. The lowest BCUT2D eigenvalue weighted by molar-refractivity contribution is -0.144. The average Bonchev–Trinajstić information content (AvgIpc) is 2.10. The fraction of sp³-hybridized carbons (Fsp3) is 0.571. The second kappa shape index (κ2) is 4.92. The molecule has 0 saturated heterocycles. The zero-order valence-corrected chi connectivity index (χ0v) is 7.12. The van der Waals surface area contributed by atoms with Crippen LogP contribution in [-0.2, 0) is 9.53 Å². The van der Waals surface area contributed by atoms with Gasteiger partial charge in [-0.2, -0.15) is 22.0 Å². The molecule has 7 heteroatoms. The van der Waals surface area contributed by atoms with Crippen molar-refractivity contribution in [3.05, 3.63) is 11.7 Å². The predicted octanol–water partition coefficient (Wildman–Crippen LogP) is 2.65. The Balaban J connectivity index is 4.58. The summed E-state index contributed by atoms with van der Waals surface area (Å²) >= 11 is 0. The summed E-state index contributed by atoms with van der Waals surface area (Å²) in [6, 6.07) is 0. The molecule has 0 unspecified atom stereocenters. The summed E-state index contributed by atoms with van der Waals surface area (Å²) < 4.78 is 62.8. The van der Waals surface area contributed by atoms with E-state index in [2.05, 4.69) is 4.74 Å². The number of hydrogen-bond acceptors (Lipinski definition) is 2. The molecule has 0 fully saturated rings. The Morgan fingerprint density at radius 3 is 2.14 bits per heavy atom. The number of rotatable bonds is 3. The van der Waals surface area contributed by atoms with E-state index < -0.39 is 23.8 Å². The number of carbonyl (C=O) groups is 1. The Bertz CT molecular complexity index is 243. The number of carbonyl (C=O) groups excluding carboxylic acids is 1. The Labute approximate surface area is 76.3 Å². The normalized spacial score (nSPS) is 13.6. The van der Waals surface area contributed by atoms with Crippen LogP contribution < -0.4 is 0 Å². The predicted molar refractivity (Wildman–Crippen MR) is 36.5 cm³/mol. The molecule has 0 aromatic carbocycles. The summed E-state index contributed by atoms with van der Waals surface area (Å²) in [5.41, 5.74) is 0. The zero-order valence-electron chi connectivity index (χ0n) is 7.12. The fourth-order valence-corrected chi connectivity index (χ4v) is 0.472. The molecule has 0 rings (SSSR count). The first-order valence-corrected chi connectivity index (χ1v) is 3.60. The molecule has 0 atom stereocenters. The van der Waals surface area contributed by atoms with Gasteiger partial charge in [-0.1, -0.05) is 6.92 Å². The molecule has 0 aliphatic carbocycles. The number of esters is 1. The summed E-state index contributed by atoms with van der Waals surface area (Å²) in [6.07, 6.45) is -5.21. The van der Waals surface area contributed by atoms with Crippen molar-refractivity contribution >= 4 is 5.97 Å². The van der Waals surface area contributed by atoms with E-state index in [9.17, 15) is 26.7 Å². The molecule has 0 aliphatic heterocycles. The van der Waals surface area contributed by atoms with Gasteiger partial charge in [0.15, 0.2) is 0 Å². The van der Waals surface area contributed by atoms with E-state index in [-0.39, 0.29) is 6.61 Å². The van der Waals surface area contributed by atoms with Crippen molar-refractivity contribution in [3.63, 3.8) is 0 Å². The largest absolute Gasteiger partial charge is 0.460 e. The Kier molecular flexibility index (Phi) is 4.52. The summed E-state index contributed by atoms with van der Waals surface area (Å²) in [7, 11) is 0. The minimum Gasteiger partial charge on any atom is -0.460 e. The summed E-state index contributed by atoms with van der Waals surface area (Å²) in [6.45, 7) is 1.28. The third-order valence-corrected chi connectivity index (χ3v) is 1.06. The highest BCUT2D eigenvalue weighted by Crippen LogP contribution is 2.30. The smallest absolute Gasteiger partial charge is 0.446 e. The lowest BCUT2D eigenvalue weighted by Gasteiger charge is -2.04. The quantitative estimate of drug-likeness (QED) is 0.413. The lowest BCUT2D eigenvalue weighted by atomic mass is 10.4. The van der Waals surface area contributed by atoms with Gasteiger partial charge in [-0.3, -0.25) is 0 Å². The minimum atomic E-state index is -5.50. The third kappa shape index (κ3) is 3.71. The first kappa shape index (κ1) is 12.9. The molecular formula is C7H7F5O2. The fourth-order valence-electron chi connectivity index (χ4n) is 0.472. The first-order chi connectivity index (χ1) is 6.30. The molecule has 82 valence electrons. The summed E-state index contributed by atoms with van der Waals surface area (Å²) in [5.74, 6) is -7.56. The van der Waals surface area contributed by atoms with Crippen LogP contribution in [0.4, 0.5) is 22.0 Å². The van der Waals surface area contributed by atoms with Crippen molar-refractivity contribution in [1.29, 1.82) is 0 Å². The maximum atomic E-state index is 12.3. The van der Waals surface area contributed by atoms with Gasteiger partial charge in [-0.25, -0.2) is 4.79 Å². The second-order valence-electron chi connectivity index (χ2n) is 2.26. The molecule has 0 bridgehead atoms. The Morgan fingerprint density at radius 1 is 1.29 bits per heavy atom. The van der Waals surface area contributed by atoms with Gasteiger partial charge in [-0.05, 0) is 6.42 Å². The van der Waals surface area contributed by atoms with Crippen molar-refractivity contribution in [2.24, 2.45) is 0 Å². The van der Waals surface area contributed by atoms with Crippen LogP contribution in [0.25, 0.3) is 0 Å². The Hall–Kier alpha value is -1.14. The SMILES string of the molecule is CCCOC(=O)/C(F)=C(\F)C(F)(F)F. The van der Waals surface area contributed by atoms with Gasteiger partial charge in [0, 0.05) is 0 Å². The van der Waals surface area contributed by atoms with Crippen LogP contribution in [0.2, 0.25) is 0 Å². The van der Waals surface area contributed by atoms with E-state index in [1.807, 2.05) is 0 Å². The van der Waals surface area contributed by atoms with Crippen LogP contribution in [0, 0.1) is 0 Å². The molecular weight excluding hydrogens is 211 g/mol. The van der Waals surface area contributed by atoms with Gasteiger partial charge < -0.3 is 4.74 Å². The number of ether oxygens (including phenoxy) is 1. The van der Waals surface area contributed by atoms with Crippen LogP contribution >= 0.6 is 0 Å². The molecule has 0 saturated carbocycles. The van der Waals surface area contributed by atoms with Crippen LogP contribution in [0.5, 0.6) is 0 Å². The van der Waals surface area contributed by atoms with Gasteiger partial charge >= 0.3 is 12.1 Å². The second-order valence-corrected chi connectivity index (χ2v) is 2.26. The standard InChI is InChI=1S/C7H7F5O2/c1-2-3-14-6(13)4(8)5(9)7(10,11)12/h2-3H2,1H3/b5-4+. The number of halogens is 5. The van der Waals surface area contributed by atoms with Crippen molar-refractivity contribution < 1.29 is 31.5 Å². The molecule has 0 amide bonds. The molecule has 0 aromatic rings. The highest BCUT2D eigenvalue weighted by Gasteiger charge is 2.40. The molecule has 0 spiro atoms. The number of allylic oxidation sites excluding steroid dienone is 1. The van der Waals surface area contributed by atoms with Gasteiger partial charge in [0.25, 0.3) is 0 Å². The highest BCUT2D eigenvalue weighted by atomic mass is 19.4. The summed E-state index contributed by atoms with van der Waals surface area (Å²) in [4.78, 5) is 10.4. The van der Waals surface area contributed by atoms with Gasteiger partial charge in [0.1, 0.15) is 0 Å². The van der Waals surface area contributed by atoms with Crippen LogP contribution in [0.3, 0.4) is 0 Å². The zero-order chi connectivity index (χ0) is 11.4. The van der Waals surface area contributed by atoms with Crippen molar-refractivity contribution in [2.45, 2.75) is 19.5 Å². The van der Waals surface area contributed by atoms with Gasteiger partial charge in [0.05, 0.1) is 6.61 Å². The van der Waals surface area contributed by atoms with E-state index in [1.165, 1.54) is 0 Å². The topological polar surface area (TPSA) is 26.3 Å². The van der Waals surface area contributed by atoms with E-state index in [1.54, 1.807) is 6.92 Å². The number of hydrogen-bond donors (Lipinski definition) is 0. The van der Waals surface area contributed by atoms with E-state index in [0.717, 1.165) is 0 Å². The van der Waals surface area contributed by atoms with E-state index in [0.29, 0.717) is 6.42 Å². The highest BCUT2D eigenvalue weighted by molar-refractivity contribution is 5.86. The minimum absolute atomic E-state index is 0.266.